The topological polar surface area (TPSA) is 59.4 Å². The second-order valence-electron chi connectivity index (χ2n) is 6.44. The Kier molecular flexibility index (Phi) is 6.06. The van der Waals surface area contributed by atoms with Gasteiger partial charge in [0.15, 0.2) is 0 Å². The molecule has 0 spiro atoms. The van der Waals surface area contributed by atoms with Crippen molar-refractivity contribution < 1.29 is 9.53 Å². The van der Waals surface area contributed by atoms with Crippen molar-refractivity contribution in [3.63, 3.8) is 0 Å². The number of carbonyl (C=O) groups is 1. The molecule has 0 saturated carbocycles. The number of likely N-dealkylation sites (tertiary alicyclic amines) is 1. The molecule has 0 radical (unpaired) electrons. The summed E-state index contributed by atoms with van der Waals surface area (Å²) in [5.41, 5.74) is 1.19. The van der Waals surface area contributed by atoms with E-state index >= 15 is 0 Å². The van der Waals surface area contributed by atoms with Gasteiger partial charge in [-0.05, 0) is 49.6 Å². The van der Waals surface area contributed by atoms with Crippen molar-refractivity contribution in [2.75, 3.05) is 26.7 Å². The van der Waals surface area contributed by atoms with Crippen LogP contribution in [0.3, 0.4) is 0 Å². The van der Waals surface area contributed by atoms with Crippen molar-refractivity contribution in [1.82, 2.24) is 20.0 Å². The lowest BCUT2D eigenvalue weighted by molar-refractivity contribution is -0.122. The van der Waals surface area contributed by atoms with Crippen LogP contribution in [0.5, 0.6) is 5.75 Å². The number of nitrogens with zero attached hydrogens (tertiary/aromatic N) is 3. The fourth-order valence-electron chi connectivity index (χ4n) is 3.31. The average Bonchev–Trinajstić information content (AvgIpc) is 3.28. The summed E-state index contributed by atoms with van der Waals surface area (Å²) < 4.78 is 7.10. The quantitative estimate of drug-likeness (QED) is 0.793. The zero-order chi connectivity index (χ0) is 17.5. The van der Waals surface area contributed by atoms with Gasteiger partial charge in [0.05, 0.1) is 20.2 Å². The lowest BCUT2D eigenvalue weighted by Gasteiger charge is -2.23. The van der Waals surface area contributed by atoms with Crippen LogP contribution < -0.4 is 10.1 Å². The first-order chi connectivity index (χ1) is 12.2. The van der Waals surface area contributed by atoms with Gasteiger partial charge in [0.2, 0.25) is 5.91 Å². The number of amides is 1. The normalized spacial score (nSPS) is 17.6. The molecule has 0 aliphatic carbocycles. The molecular formula is C19H26N4O2. The summed E-state index contributed by atoms with van der Waals surface area (Å²) in [6, 6.07) is 10.3. The van der Waals surface area contributed by atoms with E-state index in [0.29, 0.717) is 19.1 Å². The highest BCUT2D eigenvalue weighted by Crippen LogP contribution is 2.18. The molecule has 1 saturated heterocycles. The number of ether oxygens (including phenoxy) is 1. The highest BCUT2D eigenvalue weighted by molar-refractivity contribution is 5.78. The van der Waals surface area contributed by atoms with Gasteiger partial charge in [0.25, 0.3) is 0 Å². The van der Waals surface area contributed by atoms with Crippen LogP contribution in [0.2, 0.25) is 0 Å². The van der Waals surface area contributed by atoms with E-state index in [0.717, 1.165) is 38.1 Å². The molecule has 0 unspecified atom stereocenters. The maximum Gasteiger partial charge on any atom is 0.234 e. The maximum atomic E-state index is 12.2. The number of rotatable bonds is 8. The zero-order valence-corrected chi connectivity index (χ0v) is 14.7. The SMILES string of the molecule is COc1ccc(CCNC(=O)CN2CCC[C@H]2Cn2cccn2)cc1. The number of hydrogen-bond donors (Lipinski definition) is 1. The highest BCUT2D eigenvalue weighted by Gasteiger charge is 2.26. The lowest BCUT2D eigenvalue weighted by atomic mass is 10.1. The van der Waals surface area contributed by atoms with Crippen LogP contribution in [0.4, 0.5) is 0 Å². The van der Waals surface area contributed by atoms with Crippen LogP contribution in [-0.4, -0.2) is 53.4 Å². The van der Waals surface area contributed by atoms with E-state index in [1.807, 2.05) is 41.2 Å². The van der Waals surface area contributed by atoms with E-state index in [-0.39, 0.29) is 5.91 Å². The summed E-state index contributed by atoms with van der Waals surface area (Å²) >= 11 is 0. The summed E-state index contributed by atoms with van der Waals surface area (Å²) in [7, 11) is 1.66. The largest absolute Gasteiger partial charge is 0.497 e. The second kappa shape index (κ2) is 8.67. The van der Waals surface area contributed by atoms with Gasteiger partial charge in [0.1, 0.15) is 5.75 Å². The van der Waals surface area contributed by atoms with Gasteiger partial charge < -0.3 is 10.1 Å². The number of methoxy groups -OCH3 is 1. The van der Waals surface area contributed by atoms with Gasteiger partial charge in [-0.1, -0.05) is 12.1 Å². The smallest absolute Gasteiger partial charge is 0.234 e. The van der Waals surface area contributed by atoms with E-state index < -0.39 is 0 Å². The van der Waals surface area contributed by atoms with Crippen LogP contribution in [0.1, 0.15) is 18.4 Å². The molecule has 1 atom stereocenters. The third-order valence-electron chi connectivity index (χ3n) is 4.70. The molecule has 2 heterocycles. The monoisotopic (exact) mass is 342 g/mol. The number of hydrogen-bond acceptors (Lipinski definition) is 4. The third-order valence-corrected chi connectivity index (χ3v) is 4.70. The molecule has 0 bridgehead atoms. The molecule has 1 N–H and O–H groups in total. The minimum atomic E-state index is 0.0980. The van der Waals surface area contributed by atoms with Crippen LogP contribution in [-0.2, 0) is 17.8 Å². The third kappa shape index (κ3) is 5.06. The molecule has 3 rings (SSSR count). The minimum Gasteiger partial charge on any atom is -0.497 e. The van der Waals surface area contributed by atoms with Crippen molar-refractivity contribution in [2.45, 2.75) is 31.8 Å². The van der Waals surface area contributed by atoms with Crippen LogP contribution in [0.25, 0.3) is 0 Å². The average molecular weight is 342 g/mol. The van der Waals surface area contributed by atoms with Crippen molar-refractivity contribution in [2.24, 2.45) is 0 Å². The molecule has 1 aliphatic rings. The standard InChI is InChI=1S/C19H26N4O2/c1-25-18-7-5-16(6-8-18)9-11-20-19(24)15-22-12-2-4-17(22)14-23-13-3-10-21-23/h3,5-8,10,13,17H,2,4,9,11-12,14-15H2,1H3,(H,20,24)/t17-/m0/s1. The van der Waals surface area contributed by atoms with Gasteiger partial charge in [-0.2, -0.15) is 5.10 Å². The maximum absolute atomic E-state index is 12.2. The number of nitrogens with one attached hydrogen (secondary N) is 1. The van der Waals surface area contributed by atoms with Gasteiger partial charge in [-0.3, -0.25) is 14.4 Å². The molecule has 1 amide bonds. The van der Waals surface area contributed by atoms with Gasteiger partial charge >= 0.3 is 0 Å². The summed E-state index contributed by atoms with van der Waals surface area (Å²) in [4.78, 5) is 14.5. The second-order valence-corrected chi connectivity index (χ2v) is 6.44. The Labute approximate surface area is 148 Å². The Hall–Kier alpha value is -2.34. The fraction of sp³-hybridized carbons (Fsp3) is 0.474. The summed E-state index contributed by atoms with van der Waals surface area (Å²) in [5, 5.41) is 7.30. The Morgan fingerprint density at radius 3 is 2.92 bits per heavy atom. The molecule has 1 aromatic heterocycles. The van der Waals surface area contributed by atoms with Crippen molar-refractivity contribution in [3.8, 4) is 5.75 Å². The Morgan fingerprint density at radius 2 is 2.20 bits per heavy atom. The molecule has 1 aliphatic heterocycles. The number of benzene rings is 1. The summed E-state index contributed by atoms with van der Waals surface area (Å²) in [6.07, 6.45) is 6.87. The van der Waals surface area contributed by atoms with Crippen LogP contribution >= 0.6 is 0 Å². The highest BCUT2D eigenvalue weighted by atomic mass is 16.5. The van der Waals surface area contributed by atoms with Gasteiger partial charge in [-0.25, -0.2) is 0 Å². The molecule has 2 aromatic rings. The van der Waals surface area contributed by atoms with Gasteiger partial charge in [-0.15, -0.1) is 0 Å². The van der Waals surface area contributed by atoms with Crippen LogP contribution in [0.15, 0.2) is 42.7 Å². The molecule has 6 nitrogen and oxygen atoms in total. The number of aromatic nitrogens is 2. The first-order valence-corrected chi connectivity index (χ1v) is 8.85. The molecule has 134 valence electrons. The van der Waals surface area contributed by atoms with Crippen molar-refractivity contribution in [3.05, 3.63) is 48.3 Å². The van der Waals surface area contributed by atoms with E-state index in [1.165, 1.54) is 5.56 Å². The van der Waals surface area contributed by atoms with Crippen LogP contribution in [0, 0.1) is 0 Å². The zero-order valence-electron chi connectivity index (χ0n) is 14.7. The molecular weight excluding hydrogens is 316 g/mol. The Balaban J connectivity index is 1.40. The van der Waals surface area contributed by atoms with Gasteiger partial charge in [0, 0.05) is 25.0 Å². The molecule has 6 heteroatoms. The number of carbonyl (C=O) groups excluding carboxylic acids is 1. The summed E-state index contributed by atoms with van der Waals surface area (Å²) in [5.74, 6) is 0.950. The predicted octanol–water partition coefficient (Wildman–Crippen LogP) is 1.71. The van der Waals surface area contributed by atoms with E-state index in [9.17, 15) is 4.79 Å². The lowest BCUT2D eigenvalue weighted by Crippen LogP contribution is -2.41. The molecule has 1 aromatic carbocycles. The molecule has 1 fully saturated rings. The van der Waals surface area contributed by atoms with E-state index in [4.69, 9.17) is 4.74 Å². The Morgan fingerprint density at radius 1 is 1.36 bits per heavy atom. The Bertz CT molecular complexity index is 655. The fourth-order valence-corrected chi connectivity index (χ4v) is 3.31. The van der Waals surface area contributed by atoms with Crippen molar-refractivity contribution in [1.29, 1.82) is 0 Å². The van der Waals surface area contributed by atoms with Crippen molar-refractivity contribution >= 4 is 5.91 Å². The first-order valence-electron chi connectivity index (χ1n) is 8.85. The predicted molar refractivity (Wildman–Crippen MR) is 96.5 cm³/mol. The van der Waals surface area contributed by atoms with E-state index in [1.54, 1.807) is 13.3 Å². The summed E-state index contributed by atoms with van der Waals surface area (Å²) in [6.45, 7) is 2.96. The first kappa shape index (κ1) is 17.5. The molecule has 25 heavy (non-hydrogen) atoms. The van der Waals surface area contributed by atoms with E-state index in [2.05, 4.69) is 15.3 Å². The minimum absolute atomic E-state index is 0.0980.